The van der Waals surface area contributed by atoms with E-state index in [0.717, 1.165) is 36.4 Å². The highest BCUT2D eigenvalue weighted by atomic mass is 32.2. The van der Waals surface area contributed by atoms with E-state index in [1.165, 1.54) is 12.0 Å². The molecule has 108 valence electrons. The lowest BCUT2D eigenvalue weighted by atomic mass is 10.0. The molecule has 20 heavy (non-hydrogen) atoms. The molecule has 0 aromatic heterocycles. The number of aliphatic imine (C=N–C) groups is 1. The molecular formula is C16H22N2OS. The van der Waals surface area contributed by atoms with Gasteiger partial charge in [-0.15, -0.1) is 0 Å². The molecule has 2 aliphatic rings. The van der Waals surface area contributed by atoms with Crippen molar-refractivity contribution in [3.05, 3.63) is 29.8 Å². The van der Waals surface area contributed by atoms with Crippen LogP contribution in [0.3, 0.4) is 0 Å². The SMILES string of the molecule is CC(C)CC1CN=C(NC2CCOc3ccccc32)S1. The Morgan fingerprint density at radius 3 is 3.10 bits per heavy atom. The number of benzene rings is 1. The Bertz CT molecular complexity index is 501. The smallest absolute Gasteiger partial charge is 0.157 e. The maximum absolute atomic E-state index is 5.71. The second-order valence-electron chi connectivity index (χ2n) is 5.89. The second kappa shape index (κ2) is 6.08. The van der Waals surface area contributed by atoms with Gasteiger partial charge in [-0.05, 0) is 18.4 Å². The third-order valence-electron chi connectivity index (χ3n) is 3.71. The summed E-state index contributed by atoms with van der Waals surface area (Å²) >= 11 is 1.91. The summed E-state index contributed by atoms with van der Waals surface area (Å²) in [6, 6.07) is 8.64. The number of nitrogens with one attached hydrogen (secondary N) is 1. The number of ether oxygens (including phenoxy) is 1. The molecule has 2 aliphatic heterocycles. The first-order valence-corrected chi connectivity index (χ1v) is 8.29. The monoisotopic (exact) mass is 290 g/mol. The van der Waals surface area contributed by atoms with Gasteiger partial charge in [0.05, 0.1) is 19.2 Å². The average Bonchev–Trinajstić information content (AvgIpc) is 2.86. The fourth-order valence-corrected chi connectivity index (χ4v) is 4.09. The van der Waals surface area contributed by atoms with Crippen LogP contribution >= 0.6 is 11.8 Å². The van der Waals surface area contributed by atoms with E-state index >= 15 is 0 Å². The molecule has 0 aliphatic carbocycles. The van der Waals surface area contributed by atoms with Crippen LogP contribution in [0.5, 0.6) is 5.75 Å². The van der Waals surface area contributed by atoms with Gasteiger partial charge in [0.25, 0.3) is 0 Å². The van der Waals surface area contributed by atoms with E-state index in [-0.39, 0.29) is 0 Å². The molecule has 1 aromatic rings. The summed E-state index contributed by atoms with van der Waals surface area (Å²) < 4.78 is 5.71. The Balaban J connectivity index is 1.63. The lowest BCUT2D eigenvalue weighted by Gasteiger charge is -2.27. The first-order valence-electron chi connectivity index (χ1n) is 7.41. The molecule has 2 atom stereocenters. The van der Waals surface area contributed by atoms with Gasteiger partial charge in [0.1, 0.15) is 5.75 Å². The van der Waals surface area contributed by atoms with Crippen molar-refractivity contribution in [1.82, 2.24) is 5.32 Å². The number of nitrogens with zero attached hydrogens (tertiary/aromatic N) is 1. The van der Waals surface area contributed by atoms with Crippen molar-refractivity contribution in [3.8, 4) is 5.75 Å². The summed E-state index contributed by atoms with van der Waals surface area (Å²) in [4.78, 5) is 4.66. The average molecular weight is 290 g/mol. The minimum atomic E-state index is 0.337. The molecule has 0 amide bonds. The molecule has 0 fully saturated rings. The number of hydrogen-bond acceptors (Lipinski definition) is 4. The van der Waals surface area contributed by atoms with E-state index < -0.39 is 0 Å². The van der Waals surface area contributed by atoms with E-state index in [9.17, 15) is 0 Å². The predicted molar refractivity (Wildman–Crippen MR) is 85.6 cm³/mol. The summed E-state index contributed by atoms with van der Waals surface area (Å²) in [6.45, 7) is 6.29. The van der Waals surface area contributed by atoms with Crippen LogP contribution in [0.1, 0.15) is 38.3 Å². The quantitative estimate of drug-likeness (QED) is 0.923. The van der Waals surface area contributed by atoms with Gasteiger partial charge < -0.3 is 10.1 Å². The van der Waals surface area contributed by atoms with Crippen molar-refractivity contribution in [2.24, 2.45) is 10.9 Å². The maximum Gasteiger partial charge on any atom is 0.157 e. The number of fused-ring (bicyclic) bond motifs is 1. The topological polar surface area (TPSA) is 33.6 Å². The molecule has 1 N–H and O–H groups in total. The van der Waals surface area contributed by atoms with Gasteiger partial charge in [-0.2, -0.15) is 0 Å². The molecule has 3 nitrogen and oxygen atoms in total. The Labute approximate surface area is 125 Å². The van der Waals surface area contributed by atoms with Crippen molar-refractivity contribution in [2.75, 3.05) is 13.2 Å². The zero-order chi connectivity index (χ0) is 13.9. The van der Waals surface area contributed by atoms with Crippen LogP contribution in [-0.2, 0) is 0 Å². The largest absolute Gasteiger partial charge is 0.493 e. The fraction of sp³-hybridized carbons (Fsp3) is 0.562. The zero-order valence-corrected chi connectivity index (χ0v) is 13.0. The molecule has 2 unspecified atom stereocenters. The third-order valence-corrected chi connectivity index (χ3v) is 4.85. The van der Waals surface area contributed by atoms with Crippen LogP contribution in [-0.4, -0.2) is 23.6 Å². The Morgan fingerprint density at radius 2 is 2.25 bits per heavy atom. The van der Waals surface area contributed by atoms with Crippen molar-refractivity contribution >= 4 is 16.9 Å². The van der Waals surface area contributed by atoms with Crippen molar-refractivity contribution in [2.45, 2.75) is 38.0 Å². The minimum Gasteiger partial charge on any atom is -0.493 e. The molecule has 4 heteroatoms. The highest BCUT2D eigenvalue weighted by Gasteiger charge is 2.26. The van der Waals surface area contributed by atoms with Gasteiger partial charge in [-0.3, -0.25) is 4.99 Å². The molecule has 1 aromatic carbocycles. The molecular weight excluding hydrogens is 268 g/mol. The number of rotatable bonds is 3. The molecule has 0 bridgehead atoms. The number of amidine groups is 1. The number of para-hydroxylation sites is 1. The van der Waals surface area contributed by atoms with Crippen LogP contribution in [0.2, 0.25) is 0 Å². The van der Waals surface area contributed by atoms with Crippen molar-refractivity contribution in [3.63, 3.8) is 0 Å². The highest BCUT2D eigenvalue weighted by Crippen LogP contribution is 2.33. The minimum absolute atomic E-state index is 0.337. The van der Waals surface area contributed by atoms with Crippen molar-refractivity contribution in [1.29, 1.82) is 0 Å². The first-order chi connectivity index (χ1) is 9.72. The Kier molecular flexibility index (Phi) is 4.20. The standard InChI is InChI=1S/C16H22N2OS/c1-11(2)9-12-10-17-16(20-12)18-14-7-8-19-15-6-4-3-5-13(14)15/h3-6,11-12,14H,7-10H2,1-2H3,(H,17,18). The summed E-state index contributed by atoms with van der Waals surface area (Å²) in [7, 11) is 0. The summed E-state index contributed by atoms with van der Waals surface area (Å²) in [5, 5.41) is 5.36. The lowest BCUT2D eigenvalue weighted by Crippen LogP contribution is -2.30. The van der Waals surface area contributed by atoms with E-state index in [4.69, 9.17) is 4.74 Å². The second-order valence-corrected chi connectivity index (χ2v) is 7.18. The molecule has 0 radical (unpaired) electrons. The third kappa shape index (κ3) is 3.11. The van der Waals surface area contributed by atoms with Crippen LogP contribution in [0, 0.1) is 5.92 Å². The summed E-state index contributed by atoms with van der Waals surface area (Å²) in [5.41, 5.74) is 1.26. The first kappa shape index (κ1) is 13.8. The van der Waals surface area contributed by atoms with Crippen LogP contribution < -0.4 is 10.1 Å². The van der Waals surface area contributed by atoms with Gasteiger partial charge in [0, 0.05) is 17.2 Å². The number of hydrogen-bond donors (Lipinski definition) is 1. The molecule has 2 heterocycles. The van der Waals surface area contributed by atoms with Crippen LogP contribution in [0.4, 0.5) is 0 Å². The van der Waals surface area contributed by atoms with E-state index in [1.807, 2.05) is 23.9 Å². The Morgan fingerprint density at radius 1 is 1.40 bits per heavy atom. The van der Waals surface area contributed by atoms with Crippen molar-refractivity contribution < 1.29 is 4.74 Å². The summed E-state index contributed by atoms with van der Waals surface area (Å²) in [6.07, 6.45) is 2.25. The zero-order valence-electron chi connectivity index (χ0n) is 12.1. The van der Waals surface area contributed by atoms with Gasteiger partial charge >= 0.3 is 0 Å². The number of thioether (sulfide) groups is 1. The Hall–Kier alpha value is -1.16. The van der Waals surface area contributed by atoms with Gasteiger partial charge in [-0.25, -0.2) is 0 Å². The van der Waals surface area contributed by atoms with E-state index in [1.54, 1.807) is 0 Å². The molecule has 0 saturated heterocycles. The molecule has 3 rings (SSSR count). The highest BCUT2D eigenvalue weighted by molar-refractivity contribution is 8.14. The molecule has 0 spiro atoms. The van der Waals surface area contributed by atoms with Gasteiger partial charge in [-0.1, -0.05) is 43.8 Å². The van der Waals surface area contributed by atoms with E-state index in [2.05, 4.69) is 36.3 Å². The normalized spacial score (nSPS) is 25.1. The predicted octanol–water partition coefficient (Wildman–Crippen LogP) is 3.62. The van der Waals surface area contributed by atoms with Crippen LogP contribution in [0.15, 0.2) is 29.3 Å². The molecule has 0 saturated carbocycles. The van der Waals surface area contributed by atoms with Gasteiger partial charge in [0.15, 0.2) is 5.17 Å². The summed E-state index contributed by atoms with van der Waals surface area (Å²) in [5.74, 6) is 1.75. The fourth-order valence-electron chi connectivity index (χ4n) is 2.79. The maximum atomic E-state index is 5.71. The van der Waals surface area contributed by atoms with E-state index in [0.29, 0.717) is 11.3 Å². The lowest BCUT2D eigenvalue weighted by molar-refractivity contribution is 0.262. The van der Waals surface area contributed by atoms with Gasteiger partial charge in [0.2, 0.25) is 0 Å². The van der Waals surface area contributed by atoms with Crippen LogP contribution in [0.25, 0.3) is 0 Å².